The number of amides is 2. The Kier molecular flexibility index (Phi) is 5.98. The number of urea groups is 1. The van der Waals surface area contributed by atoms with E-state index in [4.69, 9.17) is 9.84 Å². The molecule has 1 unspecified atom stereocenters. The molecule has 10 nitrogen and oxygen atoms in total. The Morgan fingerprint density at radius 3 is 2.32 bits per heavy atom. The van der Waals surface area contributed by atoms with Crippen LogP contribution in [0.25, 0.3) is 0 Å². The smallest absolute Gasteiger partial charge is 0.329 e. The number of nitrogens with one attached hydrogen (secondary N) is 2. The predicted molar refractivity (Wildman–Crippen MR) is 83.8 cm³/mol. The fourth-order valence-corrected chi connectivity index (χ4v) is 3.25. The van der Waals surface area contributed by atoms with E-state index in [0.29, 0.717) is 0 Å². The summed E-state index contributed by atoms with van der Waals surface area (Å²) in [4.78, 5) is 11.8. The minimum Gasteiger partial charge on any atom is -0.394 e. The van der Waals surface area contributed by atoms with Gasteiger partial charge in [0.2, 0.25) is 0 Å². The molecule has 0 bridgehead atoms. The number of carbonyl (C=O) groups excluding carboxylic acids is 1. The van der Waals surface area contributed by atoms with Crippen molar-refractivity contribution >= 4 is 16.1 Å². The standard InChI is InChI=1S/C14H20N2O8S/c1-7-2-4-8(5-3-7)25(22,23)16-14(21)15-10-12(19)11(18)9(6-17)24-13(10)20/h2-5,9-13,17-20H,6H2,1H3,(H2,15,16,21)/t9-,10-,11-,12-,13?/m1/s1. The minimum atomic E-state index is -4.16. The number of rotatable bonds is 4. The summed E-state index contributed by atoms with van der Waals surface area (Å²) in [6, 6.07) is 3.02. The van der Waals surface area contributed by atoms with Gasteiger partial charge in [-0.1, -0.05) is 17.7 Å². The lowest BCUT2D eigenvalue weighted by Crippen LogP contribution is -2.65. The van der Waals surface area contributed by atoms with Gasteiger partial charge >= 0.3 is 6.03 Å². The van der Waals surface area contributed by atoms with Crippen LogP contribution < -0.4 is 10.0 Å². The van der Waals surface area contributed by atoms with Crippen molar-refractivity contribution < 1.29 is 38.4 Å². The van der Waals surface area contributed by atoms with E-state index in [1.54, 1.807) is 23.8 Å². The highest BCUT2D eigenvalue weighted by molar-refractivity contribution is 7.90. The van der Waals surface area contributed by atoms with E-state index in [1.165, 1.54) is 12.1 Å². The highest BCUT2D eigenvalue weighted by atomic mass is 32.2. The van der Waals surface area contributed by atoms with Gasteiger partial charge in [0.05, 0.1) is 11.5 Å². The summed E-state index contributed by atoms with van der Waals surface area (Å²) in [6.07, 6.45) is -6.23. The van der Waals surface area contributed by atoms with Gasteiger partial charge < -0.3 is 30.5 Å². The number of sulfonamides is 1. The van der Waals surface area contributed by atoms with Crippen LogP contribution in [0.15, 0.2) is 29.2 Å². The second-order valence-electron chi connectivity index (χ2n) is 5.65. The van der Waals surface area contributed by atoms with Crippen molar-refractivity contribution in [2.45, 2.75) is 42.5 Å². The third-order valence-electron chi connectivity index (χ3n) is 3.76. The molecular formula is C14H20N2O8S. The molecule has 140 valence electrons. The van der Waals surface area contributed by atoms with Crippen LogP contribution in [0.5, 0.6) is 0 Å². The number of aliphatic hydroxyl groups excluding tert-OH is 4. The molecule has 0 aromatic heterocycles. The third kappa shape index (κ3) is 4.45. The Balaban J connectivity index is 2.05. The largest absolute Gasteiger partial charge is 0.394 e. The van der Waals surface area contributed by atoms with Crippen LogP contribution in [0, 0.1) is 6.92 Å². The first-order chi connectivity index (χ1) is 11.7. The molecule has 5 atom stereocenters. The third-order valence-corrected chi connectivity index (χ3v) is 5.10. The van der Waals surface area contributed by atoms with Crippen molar-refractivity contribution in [3.05, 3.63) is 29.8 Å². The maximum atomic E-state index is 12.1. The maximum absolute atomic E-state index is 12.1. The number of hydrogen-bond acceptors (Lipinski definition) is 8. The first-order valence-corrected chi connectivity index (χ1v) is 8.84. The van der Waals surface area contributed by atoms with Gasteiger partial charge in [-0.2, -0.15) is 0 Å². The Morgan fingerprint density at radius 2 is 1.76 bits per heavy atom. The highest BCUT2D eigenvalue weighted by Crippen LogP contribution is 2.19. The molecule has 11 heteroatoms. The summed E-state index contributed by atoms with van der Waals surface area (Å²) >= 11 is 0. The quantitative estimate of drug-likeness (QED) is 0.344. The zero-order valence-corrected chi connectivity index (χ0v) is 14.0. The van der Waals surface area contributed by atoms with Gasteiger partial charge in [0.25, 0.3) is 10.0 Å². The van der Waals surface area contributed by atoms with Crippen molar-refractivity contribution in [3.63, 3.8) is 0 Å². The van der Waals surface area contributed by atoms with Gasteiger partial charge in [-0.05, 0) is 19.1 Å². The number of aryl methyl sites for hydroxylation is 1. The van der Waals surface area contributed by atoms with Gasteiger partial charge in [0, 0.05) is 0 Å². The summed E-state index contributed by atoms with van der Waals surface area (Å²) < 4.78 is 30.8. The molecule has 0 saturated carbocycles. The summed E-state index contributed by atoms with van der Waals surface area (Å²) in [5.41, 5.74) is 0.835. The lowest BCUT2D eigenvalue weighted by atomic mass is 9.97. The molecule has 1 heterocycles. The Hall–Kier alpha value is -1.76. The number of hydrogen-bond donors (Lipinski definition) is 6. The van der Waals surface area contributed by atoms with Crippen molar-refractivity contribution in [2.75, 3.05) is 6.61 Å². The summed E-state index contributed by atoms with van der Waals surface area (Å²) in [5.74, 6) is 0. The molecule has 1 aliphatic rings. The van der Waals surface area contributed by atoms with Crippen LogP contribution >= 0.6 is 0 Å². The molecule has 1 saturated heterocycles. The summed E-state index contributed by atoms with van der Waals surface area (Å²) in [7, 11) is -4.16. The lowest BCUT2D eigenvalue weighted by Gasteiger charge is -2.40. The molecule has 0 spiro atoms. The molecule has 2 amide bonds. The molecule has 1 aromatic rings. The zero-order chi connectivity index (χ0) is 18.8. The Bertz CT molecular complexity index is 708. The molecule has 6 N–H and O–H groups in total. The average molecular weight is 376 g/mol. The van der Waals surface area contributed by atoms with Crippen LogP contribution in [-0.4, -0.2) is 72.1 Å². The van der Waals surface area contributed by atoms with Gasteiger partial charge in [0.15, 0.2) is 6.29 Å². The summed E-state index contributed by atoms with van der Waals surface area (Å²) in [6.45, 7) is 1.11. The van der Waals surface area contributed by atoms with E-state index < -0.39 is 53.3 Å². The molecule has 1 aliphatic heterocycles. The van der Waals surface area contributed by atoms with E-state index in [-0.39, 0.29) is 4.90 Å². The van der Waals surface area contributed by atoms with Crippen LogP contribution in [-0.2, 0) is 14.8 Å². The van der Waals surface area contributed by atoms with E-state index in [9.17, 15) is 28.5 Å². The second kappa shape index (κ2) is 7.64. The van der Waals surface area contributed by atoms with Gasteiger partial charge in [0.1, 0.15) is 24.4 Å². The van der Waals surface area contributed by atoms with Crippen LogP contribution in [0.4, 0.5) is 4.79 Å². The van der Waals surface area contributed by atoms with Crippen molar-refractivity contribution in [2.24, 2.45) is 0 Å². The molecular weight excluding hydrogens is 356 g/mol. The SMILES string of the molecule is Cc1ccc(S(=O)(=O)NC(=O)N[C@H]2C(O)O[C@H](CO)[C@@H](O)[C@@H]2O)cc1. The molecule has 0 aliphatic carbocycles. The monoisotopic (exact) mass is 376 g/mol. The average Bonchev–Trinajstić information content (AvgIpc) is 2.55. The summed E-state index contributed by atoms with van der Waals surface area (Å²) in [5, 5.41) is 40.4. The number of carbonyl (C=O) groups is 1. The molecule has 1 aromatic carbocycles. The van der Waals surface area contributed by atoms with E-state index in [1.807, 2.05) is 5.32 Å². The minimum absolute atomic E-state index is 0.144. The van der Waals surface area contributed by atoms with Gasteiger partial charge in [-0.15, -0.1) is 0 Å². The Morgan fingerprint density at radius 1 is 1.16 bits per heavy atom. The molecule has 2 rings (SSSR count). The topological polar surface area (TPSA) is 165 Å². The molecule has 25 heavy (non-hydrogen) atoms. The molecule has 1 fully saturated rings. The Labute approximate surface area is 144 Å². The zero-order valence-electron chi connectivity index (χ0n) is 13.2. The first kappa shape index (κ1) is 19.6. The maximum Gasteiger partial charge on any atom is 0.329 e. The second-order valence-corrected chi connectivity index (χ2v) is 7.33. The van der Waals surface area contributed by atoms with Gasteiger partial charge in [-0.25, -0.2) is 17.9 Å². The van der Waals surface area contributed by atoms with Crippen molar-refractivity contribution in [1.82, 2.24) is 10.0 Å². The predicted octanol–water partition coefficient (Wildman–Crippen LogP) is -2.22. The van der Waals surface area contributed by atoms with Crippen LogP contribution in [0.3, 0.4) is 0 Å². The first-order valence-electron chi connectivity index (χ1n) is 7.36. The van der Waals surface area contributed by atoms with E-state index in [0.717, 1.165) is 5.56 Å². The fraction of sp³-hybridized carbons (Fsp3) is 0.500. The number of aliphatic hydroxyl groups is 4. The number of ether oxygens (including phenoxy) is 1. The van der Waals surface area contributed by atoms with Crippen molar-refractivity contribution in [3.8, 4) is 0 Å². The molecule has 0 radical (unpaired) electrons. The number of benzene rings is 1. The lowest BCUT2D eigenvalue weighted by molar-refractivity contribution is -0.252. The van der Waals surface area contributed by atoms with Gasteiger partial charge in [-0.3, -0.25) is 0 Å². The van der Waals surface area contributed by atoms with Crippen LogP contribution in [0.2, 0.25) is 0 Å². The normalized spacial score (nSPS) is 29.9. The van der Waals surface area contributed by atoms with E-state index in [2.05, 4.69) is 0 Å². The fourth-order valence-electron chi connectivity index (χ4n) is 2.33. The van der Waals surface area contributed by atoms with Crippen LogP contribution in [0.1, 0.15) is 5.56 Å². The van der Waals surface area contributed by atoms with E-state index >= 15 is 0 Å². The highest BCUT2D eigenvalue weighted by Gasteiger charge is 2.44. The van der Waals surface area contributed by atoms with Crippen molar-refractivity contribution in [1.29, 1.82) is 0 Å².